The van der Waals surface area contributed by atoms with Gasteiger partial charge in [-0.2, -0.15) is 0 Å². The number of benzene rings is 1. The Balaban J connectivity index is 1.16. The summed E-state index contributed by atoms with van der Waals surface area (Å²) in [4.78, 5) is 30.4. The number of carbonyl (C=O) groups is 2. The van der Waals surface area contributed by atoms with Crippen molar-refractivity contribution in [1.82, 2.24) is 20.0 Å². The molecule has 0 atom stereocenters. The van der Waals surface area contributed by atoms with Crippen LogP contribution in [0.2, 0.25) is 0 Å². The van der Waals surface area contributed by atoms with Crippen LogP contribution in [0.25, 0.3) is 0 Å². The number of likely N-dealkylation sites (tertiary alicyclic amines) is 1. The van der Waals surface area contributed by atoms with E-state index in [4.69, 9.17) is 4.74 Å². The van der Waals surface area contributed by atoms with Gasteiger partial charge in [0.15, 0.2) is 0 Å². The Morgan fingerprint density at radius 2 is 1.79 bits per heavy atom. The Labute approximate surface area is 173 Å². The number of hydrogen-bond acceptors (Lipinski definition) is 5. The maximum atomic E-state index is 12.4. The minimum atomic E-state index is 0.110. The van der Waals surface area contributed by atoms with Crippen molar-refractivity contribution in [1.29, 1.82) is 0 Å². The summed E-state index contributed by atoms with van der Waals surface area (Å²) in [6.07, 6.45) is 2.72. The van der Waals surface area contributed by atoms with Gasteiger partial charge in [0.2, 0.25) is 11.8 Å². The summed E-state index contributed by atoms with van der Waals surface area (Å²) in [5, 5.41) is 3.16. The van der Waals surface area contributed by atoms with Gasteiger partial charge < -0.3 is 15.0 Å². The Hall–Kier alpha value is -2.12. The number of amides is 2. The van der Waals surface area contributed by atoms with Gasteiger partial charge >= 0.3 is 0 Å². The lowest BCUT2D eigenvalue weighted by molar-refractivity contribution is -0.130. The highest BCUT2D eigenvalue weighted by Crippen LogP contribution is 2.26. The molecule has 0 unspecified atom stereocenters. The number of piperazine rings is 1. The summed E-state index contributed by atoms with van der Waals surface area (Å²) in [6, 6.07) is 6.74. The average molecular weight is 401 g/mol. The molecule has 1 aromatic carbocycles. The Morgan fingerprint density at radius 3 is 2.52 bits per heavy atom. The molecule has 7 nitrogen and oxygen atoms in total. The molecule has 0 aromatic heterocycles. The number of carbonyl (C=O) groups excluding carboxylic acids is 2. The number of rotatable bonds is 5. The molecule has 0 bridgehead atoms. The molecule has 3 aliphatic heterocycles. The van der Waals surface area contributed by atoms with Crippen LogP contribution in [0.15, 0.2) is 18.2 Å². The molecule has 1 aromatic rings. The lowest BCUT2D eigenvalue weighted by atomic mass is 10.0. The minimum absolute atomic E-state index is 0.110. The molecule has 0 spiro atoms. The first-order valence-electron chi connectivity index (χ1n) is 10.8. The van der Waals surface area contributed by atoms with Gasteiger partial charge in [-0.1, -0.05) is 12.1 Å². The highest BCUT2D eigenvalue weighted by Gasteiger charge is 2.24. The van der Waals surface area contributed by atoms with E-state index < -0.39 is 0 Å². The molecule has 2 amide bonds. The third-order valence-corrected chi connectivity index (χ3v) is 6.30. The van der Waals surface area contributed by atoms with Crippen molar-refractivity contribution in [3.8, 4) is 5.75 Å². The van der Waals surface area contributed by atoms with Gasteiger partial charge in [0.05, 0.1) is 13.2 Å². The number of hydrogen-bond donors (Lipinski definition) is 1. The van der Waals surface area contributed by atoms with Crippen molar-refractivity contribution in [3.63, 3.8) is 0 Å². The van der Waals surface area contributed by atoms with Crippen LogP contribution in [0.3, 0.4) is 0 Å². The SMILES string of the molecule is CC(=O)N1CCC(NC(=O)CN2CCN(Cc3ccc4c(c3)CCO4)CC2)CC1. The number of nitrogens with one attached hydrogen (secondary N) is 1. The monoisotopic (exact) mass is 400 g/mol. The summed E-state index contributed by atoms with van der Waals surface area (Å²) in [7, 11) is 0. The number of ether oxygens (including phenoxy) is 1. The maximum Gasteiger partial charge on any atom is 0.234 e. The normalized spacial score (nSPS) is 20.9. The molecule has 3 heterocycles. The summed E-state index contributed by atoms with van der Waals surface area (Å²) in [5.74, 6) is 1.27. The second kappa shape index (κ2) is 9.13. The van der Waals surface area contributed by atoms with E-state index in [1.165, 1.54) is 11.1 Å². The molecule has 29 heavy (non-hydrogen) atoms. The van der Waals surface area contributed by atoms with Crippen molar-refractivity contribution in [3.05, 3.63) is 29.3 Å². The van der Waals surface area contributed by atoms with Crippen molar-refractivity contribution in [2.75, 3.05) is 52.4 Å². The largest absolute Gasteiger partial charge is 0.493 e. The molecule has 1 N–H and O–H groups in total. The maximum absolute atomic E-state index is 12.4. The van der Waals surface area contributed by atoms with Crippen molar-refractivity contribution in [2.45, 2.75) is 38.8 Å². The van der Waals surface area contributed by atoms with Crippen molar-refractivity contribution >= 4 is 11.8 Å². The first-order valence-corrected chi connectivity index (χ1v) is 10.8. The lowest BCUT2D eigenvalue weighted by Crippen LogP contribution is -2.51. The van der Waals surface area contributed by atoms with E-state index in [2.05, 4.69) is 33.3 Å². The zero-order valence-corrected chi connectivity index (χ0v) is 17.4. The average Bonchev–Trinajstić information content (AvgIpc) is 3.18. The molecule has 3 aliphatic rings. The van der Waals surface area contributed by atoms with Gasteiger partial charge in [-0.25, -0.2) is 0 Å². The molecule has 7 heteroatoms. The predicted octanol–water partition coefficient (Wildman–Crippen LogP) is 0.866. The Kier molecular flexibility index (Phi) is 6.35. The van der Waals surface area contributed by atoms with Crippen LogP contribution in [0.4, 0.5) is 0 Å². The fourth-order valence-electron chi connectivity index (χ4n) is 4.52. The van der Waals surface area contributed by atoms with Crippen LogP contribution in [0.1, 0.15) is 30.9 Å². The summed E-state index contributed by atoms with van der Waals surface area (Å²) in [6.45, 7) is 9.14. The van der Waals surface area contributed by atoms with Gasteiger partial charge in [0.25, 0.3) is 0 Å². The van der Waals surface area contributed by atoms with Crippen LogP contribution in [-0.2, 0) is 22.6 Å². The molecule has 2 fully saturated rings. The van der Waals surface area contributed by atoms with E-state index in [1.54, 1.807) is 6.92 Å². The Morgan fingerprint density at radius 1 is 1.07 bits per heavy atom. The van der Waals surface area contributed by atoms with Gasteiger partial charge in [0, 0.05) is 65.2 Å². The molecule has 0 radical (unpaired) electrons. The fourth-order valence-corrected chi connectivity index (χ4v) is 4.52. The van der Waals surface area contributed by atoms with Crippen LogP contribution in [0, 0.1) is 0 Å². The third kappa shape index (κ3) is 5.28. The van der Waals surface area contributed by atoms with Crippen molar-refractivity contribution in [2.24, 2.45) is 0 Å². The first-order chi connectivity index (χ1) is 14.1. The van der Waals surface area contributed by atoms with Gasteiger partial charge in [0.1, 0.15) is 5.75 Å². The van der Waals surface area contributed by atoms with Crippen LogP contribution >= 0.6 is 0 Å². The van der Waals surface area contributed by atoms with E-state index >= 15 is 0 Å². The zero-order chi connectivity index (χ0) is 20.2. The van der Waals surface area contributed by atoms with Crippen LogP contribution < -0.4 is 10.1 Å². The summed E-state index contributed by atoms with van der Waals surface area (Å²) in [5.41, 5.74) is 2.67. The number of fused-ring (bicyclic) bond motifs is 1. The van der Waals surface area contributed by atoms with Gasteiger partial charge in [-0.3, -0.25) is 19.4 Å². The minimum Gasteiger partial charge on any atom is -0.493 e. The smallest absolute Gasteiger partial charge is 0.234 e. The number of piperidine rings is 1. The molecule has 158 valence electrons. The Bertz CT molecular complexity index is 738. The molecule has 2 saturated heterocycles. The predicted molar refractivity (Wildman–Crippen MR) is 111 cm³/mol. The second-order valence-electron chi connectivity index (χ2n) is 8.44. The summed E-state index contributed by atoms with van der Waals surface area (Å²) >= 11 is 0. The molecular formula is C22H32N4O3. The van der Waals surface area contributed by atoms with Crippen LogP contribution in [0.5, 0.6) is 5.75 Å². The molecule has 4 rings (SSSR count). The molecule has 0 aliphatic carbocycles. The number of nitrogens with zero attached hydrogens (tertiary/aromatic N) is 3. The second-order valence-corrected chi connectivity index (χ2v) is 8.44. The van der Waals surface area contributed by atoms with E-state index in [0.29, 0.717) is 6.54 Å². The third-order valence-electron chi connectivity index (χ3n) is 6.30. The van der Waals surface area contributed by atoms with E-state index in [1.807, 2.05) is 4.90 Å². The topological polar surface area (TPSA) is 65.1 Å². The van der Waals surface area contributed by atoms with Crippen LogP contribution in [-0.4, -0.2) is 85.0 Å². The highest BCUT2D eigenvalue weighted by atomic mass is 16.5. The van der Waals surface area contributed by atoms with E-state index in [0.717, 1.165) is 77.4 Å². The summed E-state index contributed by atoms with van der Waals surface area (Å²) < 4.78 is 5.59. The quantitative estimate of drug-likeness (QED) is 0.795. The molecular weight excluding hydrogens is 368 g/mol. The van der Waals surface area contributed by atoms with Gasteiger partial charge in [-0.15, -0.1) is 0 Å². The van der Waals surface area contributed by atoms with E-state index in [9.17, 15) is 9.59 Å². The lowest BCUT2D eigenvalue weighted by Gasteiger charge is -2.35. The first kappa shape index (κ1) is 20.2. The molecule has 0 saturated carbocycles. The van der Waals surface area contributed by atoms with Gasteiger partial charge in [-0.05, 0) is 30.0 Å². The standard InChI is InChI=1S/C22H32N4O3/c1-17(27)26-7-4-20(5-8-26)23-22(28)16-25-11-9-24(10-12-25)15-18-2-3-21-19(14-18)6-13-29-21/h2-3,14,20H,4-13,15-16H2,1H3,(H,23,28). The zero-order valence-electron chi connectivity index (χ0n) is 17.4. The fraction of sp³-hybridized carbons (Fsp3) is 0.636. The van der Waals surface area contributed by atoms with Crippen molar-refractivity contribution < 1.29 is 14.3 Å². The highest BCUT2D eigenvalue weighted by molar-refractivity contribution is 5.78. The van der Waals surface area contributed by atoms with E-state index in [-0.39, 0.29) is 17.9 Å².